The Kier molecular flexibility index (Phi) is 6.29. The summed E-state index contributed by atoms with van der Waals surface area (Å²) in [6.07, 6.45) is 0.667. The fraction of sp³-hybridized carbons (Fsp3) is 0.280. The number of halogens is 1. The van der Waals surface area contributed by atoms with Gasteiger partial charge >= 0.3 is 0 Å². The molecule has 0 heterocycles. The maximum atomic E-state index is 13.7. The number of anilines is 3. The first-order valence-corrected chi connectivity index (χ1v) is 10.2. The Hall–Kier alpha value is -3.41. The van der Waals surface area contributed by atoms with Gasteiger partial charge in [-0.3, -0.25) is 9.59 Å². The van der Waals surface area contributed by atoms with E-state index in [1.54, 1.807) is 19.1 Å². The largest absolute Gasteiger partial charge is 0.378 e. The normalized spacial score (nSPS) is 11.9. The standard InChI is InChI=1S/C25H28FN3O2/c1-7-20(17-11-12-19(26)14(2)13-17)27-22-23(25(31)24(22)30)28-21-10-8-9-18(15(21)3)16(4)29(5)6/h8-13,20,27-28H,4,7H2,1-3,5-6H3. The van der Waals surface area contributed by atoms with Crippen LogP contribution >= 0.6 is 0 Å². The Bertz CT molecular complexity index is 1210. The van der Waals surface area contributed by atoms with E-state index in [0.29, 0.717) is 12.0 Å². The quantitative estimate of drug-likeness (QED) is 0.508. The van der Waals surface area contributed by atoms with Gasteiger partial charge in [0.2, 0.25) is 0 Å². The molecule has 0 aliphatic heterocycles. The van der Waals surface area contributed by atoms with Crippen LogP contribution in [0.2, 0.25) is 0 Å². The van der Waals surface area contributed by atoms with Crippen molar-refractivity contribution in [3.05, 3.63) is 91.5 Å². The van der Waals surface area contributed by atoms with Crippen molar-refractivity contribution in [2.24, 2.45) is 0 Å². The topological polar surface area (TPSA) is 61.4 Å². The van der Waals surface area contributed by atoms with Crippen molar-refractivity contribution in [2.75, 3.05) is 24.7 Å². The molecule has 3 aromatic rings. The first-order valence-electron chi connectivity index (χ1n) is 10.2. The van der Waals surface area contributed by atoms with Crippen molar-refractivity contribution in [3.8, 4) is 0 Å². The molecule has 0 bridgehead atoms. The molecule has 31 heavy (non-hydrogen) atoms. The zero-order valence-corrected chi connectivity index (χ0v) is 18.6. The Morgan fingerprint density at radius 2 is 1.77 bits per heavy atom. The Balaban J connectivity index is 1.91. The minimum absolute atomic E-state index is 0.218. The van der Waals surface area contributed by atoms with Crippen molar-refractivity contribution in [1.82, 2.24) is 4.90 Å². The van der Waals surface area contributed by atoms with Crippen LogP contribution in [0.5, 0.6) is 0 Å². The molecule has 0 aliphatic rings. The smallest absolute Gasteiger partial charge is 0.253 e. The summed E-state index contributed by atoms with van der Waals surface area (Å²) in [4.78, 5) is 26.6. The molecule has 6 heteroatoms. The number of hydrogen-bond acceptors (Lipinski definition) is 5. The van der Waals surface area contributed by atoms with Crippen molar-refractivity contribution in [1.29, 1.82) is 0 Å². The summed E-state index contributed by atoms with van der Waals surface area (Å²) in [5.74, 6) is -0.273. The van der Waals surface area contributed by atoms with Gasteiger partial charge in [0.1, 0.15) is 17.2 Å². The zero-order valence-electron chi connectivity index (χ0n) is 18.6. The summed E-state index contributed by atoms with van der Waals surface area (Å²) in [6.45, 7) is 9.72. The van der Waals surface area contributed by atoms with E-state index in [0.717, 1.165) is 28.1 Å². The minimum Gasteiger partial charge on any atom is -0.378 e. The third-order valence-electron chi connectivity index (χ3n) is 5.67. The van der Waals surface area contributed by atoms with Gasteiger partial charge in [-0.05, 0) is 49.1 Å². The number of nitrogens with one attached hydrogen (secondary N) is 2. The van der Waals surface area contributed by atoms with Crippen LogP contribution in [0.25, 0.3) is 5.70 Å². The van der Waals surface area contributed by atoms with Crippen LogP contribution in [0.15, 0.2) is 52.6 Å². The van der Waals surface area contributed by atoms with E-state index >= 15 is 0 Å². The monoisotopic (exact) mass is 421 g/mol. The number of nitrogens with zero attached hydrogens (tertiary/aromatic N) is 1. The highest BCUT2D eigenvalue weighted by Gasteiger charge is 2.24. The average Bonchev–Trinajstić information content (AvgIpc) is 2.75. The molecule has 3 rings (SSSR count). The van der Waals surface area contributed by atoms with Crippen molar-refractivity contribution < 1.29 is 4.39 Å². The first-order chi connectivity index (χ1) is 14.6. The molecule has 2 N–H and O–H groups in total. The highest BCUT2D eigenvalue weighted by molar-refractivity contribution is 5.81. The molecule has 0 aromatic heterocycles. The Morgan fingerprint density at radius 1 is 1.10 bits per heavy atom. The van der Waals surface area contributed by atoms with Crippen LogP contribution in [0, 0.1) is 19.7 Å². The van der Waals surface area contributed by atoms with E-state index in [4.69, 9.17) is 0 Å². The first kappa shape index (κ1) is 22.3. The molecule has 0 saturated heterocycles. The van der Waals surface area contributed by atoms with Crippen molar-refractivity contribution in [3.63, 3.8) is 0 Å². The van der Waals surface area contributed by atoms with Crippen LogP contribution < -0.4 is 21.5 Å². The molecule has 0 radical (unpaired) electrons. The molecule has 0 fully saturated rings. The molecule has 1 unspecified atom stereocenters. The van der Waals surface area contributed by atoms with Gasteiger partial charge in [-0.15, -0.1) is 0 Å². The molecule has 1 atom stereocenters. The summed E-state index contributed by atoms with van der Waals surface area (Å²) in [5.41, 5.74) is 4.28. The number of hydrogen-bond donors (Lipinski definition) is 2. The summed E-state index contributed by atoms with van der Waals surface area (Å²) < 4.78 is 13.7. The summed E-state index contributed by atoms with van der Waals surface area (Å²) in [7, 11) is 3.84. The molecule has 162 valence electrons. The van der Waals surface area contributed by atoms with Crippen molar-refractivity contribution in [2.45, 2.75) is 33.2 Å². The minimum atomic E-state index is -0.552. The van der Waals surface area contributed by atoms with E-state index in [1.165, 1.54) is 6.07 Å². The van der Waals surface area contributed by atoms with E-state index in [1.807, 2.05) is 51.0 Å². The van der Waals surface area contributed by atoms with Crippen LogP contribution in [-0.2, 0) is 0 Å². The van der Waals surface area contributed by atoms with Gasteiger partial charge in [-0.1, -0.05) is 37.8 Å². The second kappa shape index (κ2) is 8.76. The fourth-order valence-corrected chi connectivity index (χ4v) is 3.59. The second-order valence-corrected chi connectivity index (χ2v) is 7.97. The maximum absolute atomic E-state index is 13.7. The second-order valence-electron chi connectivity index (χ2n) is 7.97. The summed E-state index contributed by atoms with van der Waals surface area (Å²) in [5, 5.41) is 6.33. The third kappa shape index (κ3) is 4.24. The van der Waals surface area contributed by atoms with Gasteiger partial charge in [-0.25, -0.2) is 4.39 Å². The highest BCUT2D eigenvalue weighted by atomic mass is 19.1. The summed E-state index contributed by atoms with van der Waals surface area (Å²) in [6, 6.07) is 10.4. The van der Waals surface area contributed by atoms with E-state index < -0.39 is 10.9 Å². The Morgan fingerprint density at radius 3 is 2.39 bits per heavy atom. The molecule has 3 aromatic carbocycles. The lowest BCUT2D eigenvalue weighted by Crippen LogP contribution is -2.37. The number of benzene rings is 2. The Labute approximate surface area is 181 Å². The van der Waals surface area contributed by atoms with Gasteiger partial charge in [-0.2, -0.15) is 0 Å². The number of rotatable bonds is 8. The van der Waals surface area contributed by atoms with E-state index in [-0.39, 0.29) is 23.2 Å². The van der Waals surface area contributed by atoms with Gasteiger partial charge in [0, 0.05) is 31.0 Å². The maximum Gasteiger partial charge on any atom is 0.253 e. The summed E-state index contributed by atoms with van der Waals surface area (Å²) >= 11 is 0. The predicted molar refractivity (Wildman–Crippen MR) is 126 cm³/mol. The van der Waals surface area contributed by atoms with Crippen LogP contribution in [0.3, 0.4) is 0 Å². The zero-order chi connectivity index (χ0) is 22.9. The molecule has 5 nitrogen and oxygen atoms in total. The lowest BCUT2D eigenvalue weighted by atomic mass is 10.0. The van der Waals surface area contributed by atoms with Gasteiger partial charge in [0.05, 0.1) is 6.04 Å². The molecule has 0 spiro atoms. The third-order valence-corrected chi connectivity index (χ3v) is 5.67. The van der Waals surface area contributed by atoms with Gasteiger partial charge in [0.15, 0.2) is 0 Å². The average molecular weight is 422 g/mol. The van der Waals surface area contributed by atoms with Crippen molar-refractivity contribution >= 4 is 22.8 Å². The van der Waals surface area contributed by atoms with E-state index in [2.05, 4.69) is 17.2 Å². The van der Waals surface area contributed by atoms with Crippen LogP contribution in [0.4, 0.5) is 21.5 Å². The highest BCUT2D eigenvalue weighted by Crippen LogP contribution is 2.31. The predicted octanol–water partition coefficient (Wildman–Crippen LogP) is 4.88. The molecule has 0 saturated carbocycles. The molecular weight excluding hydrogens is 393 g/mol. The fourth-order valence-electron chi connectivity index (χ4n) is 3.59. The van der Waals surface area contributed by atoms with Crippen LogP contribution in [-0.4, -0.2) is 19.0 Å². The molecule has 0 amide bonds. The number of aryl methyl sites for hydroxylation is 1. The van der Waals surface area contributed by atoms with E-state index in [9.17, 15) is 14.0 Å². The molecule has 0 aliphatic carbocycles. The SMILES string of the molecule is C=C(c1cccc(Nc2c(NC(CC)c3ccc(F)c(C)c3)c(=O)c2=O)c1C)N(C)C. The van der Waals surface area contributed by atoms with Gasteiger partial charge < -0.3 is 15.5 Å². The lowest BCUT2D eigenvalue weighted by Gasteiger charge is -2.24. The van der Waals surface area contributed by atoms with Crippen LogP contribution in [0.1, 0.15) is 41.6 Å². The molecular formula is C25H28FN3O2. The lowest BCUT2D eigenvalue weighted by molar-refractivity contribution is 0.593. The van der Waals surface area contributed by atoms with Gasteiger partial charge in [0.25, 0.3) is 10.9 Å².